The molecule has 3 atom stereocenters. The van der Waals surface area contributed by atoms with Crippen molar-refractivity contribution in [2.75, 3.05) is 0 Å². The molecule has 0 amide bonds. The monoisotopic (exact) mass is 268 g/mol. The van der Waals surface area contributed by atoms with Gasteiger partial charge in [0.05, 0.1) is 6.10 Å². The van der Waals surface area contributed by atoms with Crippen molar-refractivity contribution in [1.29, 1.82) is 0 Å². The summed E-state index contributed by atoms with van der Waals surface area (Å²) in [5.74, 6) is 0.683. The van der Waals surface area contributed by atoms with Crippen LogP contribution in [0.4, 0.5) is 0 Å². The molecule has 0 heterocycles. The molecule has 0 radical (unpaired) electrons. The normalized spacial score (nSPS) is 33.1. The fraction of sp³-hybridized carbons (Fsp3) is 0.941. The SMILES string of the molecule is CC1CC(O)CCCCCCCCCCC(C=O)C1. The maximum absolute atomic E-state index is 11.1. The molecule has 1 N–H and O–H groups in total. The molecular formula is C17H32O2. The van der Waals surface area contributed by atoms with E-state index in [-0.39, 0.29) is 12.0 Å². The maximum Gasteiger partial charge on any atom is 0.123 e. The van der Waals surface area contributed by atoms with Crippen LogP contribution in [0.5, 0.6) is 0 Å². The van der Waals surface area contributed by atoms with Crippen molar-refractivity contribution < 1.29 is 9.90 Å². The van der Waals surface area contributed by atoms with E-state index < -0.39 is 0 Å². The molecule has 0 spiro atoms. The van der Waals surface area contributed by atoms with Crippen molar-refractivity contribution in [2.45, 2.75) is 90.1 Å². The van der Waals surface area contributed by atoms with E-state index in [0.29, 0.717) is 5.92 Å². The molecule has 0 aromatic heterocycles. The minimum atomic E-state index is -0.160. The molecule has 0 saturated heterocycles. The summed E-state index contributed by atoms with van der Waals surface area (Å²) in [6.07, 6.45) is 15.0. The minimum absolute atomic E-state index is 0.160. The van der Waals surface area contributed by atoms with Gasteiger partial charge >= 0.3 is 0 Å². The van der Waals surface area contributed by atoms with E-state index in [1.165, 1.54) is 44.9 Å². The third-order valence-electron chi connectivity index (χ3n) is 4.43. The van der Waals surface area contributed by atoms with Crippen molar-refractivity contribution in [1.82, 2.24) is 0 Å². The summed E-state index contributed by atoms with van der Waals surface area (Å²) in [5.41, 5.74) is 0. The number of aldehydes is 1. The third kappa shape index (κ3) is 8.41. The second-order valence-electron chi connectivity index (χ2n) is 6.53. The Labute approximate surface area is 119 Å². The van der Waals surface area contributed by atoms with Gasteiger partial charge in [0.1, 0.15) is 6.29 Å². The van der Waals surface area contributed by atoms with Gasteiger partial charge in [-0.15, -0.1) is 0 Å². The third-order valence-corrected chi connectivity index (χ3v) is 4.43. The first-order valence-electron chi connectivity index (χ1n) is 8.35. The second kappa shape index (κ2) is 10.4. The van der Waals surface area contributed by atoms with Crippen LogP contribution in [0.1, 0.15) is 84.0 Å². The van der Waals surface area contributed by atoms with Crippen LogP contribution in [0.25, 0.3) is 0 Å². The van der Waals surface area contributed by atoms with Crippen LogP contribution in [0, 0.1) is 11.8 Å². The number of carbonyl (C=O) groups is 1. The van der Waals surface area contributed by atoms with Crippen molar-refractivity contribution in [2.24, 2.45) is 11.8 Å². The average molecular weight is 268 g/mol. The lowest BCUT2D eigenvalue weighted by molar-refractivity contribution is -0.111. The molecule has 0 aromatic carbocycles. The van der Waals surface area contributed by atoms with E-state index in [1.807, 2.05) is 0 Å². The van der Waals surface area contributed by atoms with Crippen LogP contribution in [0.3, 0.4) is 0 Å². The number of aliphatic hydroxyl groups is 1. The fourth-order valence-electron chi connectivity index (χ4n) is 3.28. The largest absolute Gasteiger partial charge is 0.393 e. The second-order valence-corrected chi connectivity index (χ2v) is 6.53. The Hall–Kier alpha value is -0.370. The van der Waals surface area contributed by atoms with Crippen molar-refractivity contribution in [3.8, 4) is 0 Å². The first kappa shape index (κ1) is 16.7. The number of carbonyl (C=O) groups excluding carboxylic acids is 1. The number of hydrogen-bond donors (Lipinski definition) is 1. The van der Waals surface area contributed by atoms with Gasteiger partial charge in [-0.1, -0.05) is 58.3 Å². The van der Waals surface area contributed by atoms with E-state index in [4.69, 9.17) is 0 Å². The molecule has 112 valence electrons. The Morgan fingerprint density at radius 3 is 1.95 bits per heavy atom. The summed E-state index contributed by atoms with van der Waals surface area (Å²) >= 11 is 0. The van der Waals surface area contributed by atoms with Gasteiger partial charge in [0.25, 0.3) is 0 Å². The van der Waals surface area contributed by atoms with E-state index in [1.54, 1.807) is 0 Å². The highest BCUT2D eigenvalue weighted by molar-refractivity contribution is 5.53. The van der Waals surface area contributed by atoms with Crippen LogP contribution in [0.15, 0.2) is 0 Å². The Balaban J connectivity index is 2.39. The summed E-state index contributed by atoms with van der Waals surface area (Å²) in [6, 6.07) is 0. The van der Waals surface area contributed by atoms with Crippen molar-refractivity contribution in [3.63, 3.8) is 0 Å². The quantitative estimate of drug-likeness (QED) is 0.711. The highest BCUT2D eigenvalue weighted by atomic mass is 16.3. The van der Waals surface area contributed by atoms with Gasteiger partial charge in [-0.2, -0.15) is 0 Å². The Morgan fingerprint density at radius 2 is 1.37 bits per heavy atom. The molecule has 0 aromatic rings. The lowest BCUT2D eigenvalue weighted by atomic mass is 9.88. The predicted octanol–water partition coefficient (Wildman–Crippen LogP) is 4.49. The Bertz CT molecular complexity index is 227. The van der Waals surface area contributed by atoms with E-state index in [9.17, 15) is 9.90 Å². The first-order chi connectivity index (χ1) is 9.22. The zero-order chi connectivity index (χ0) is 13.9. The Morgan fingerprint density at radius 1 is 0.842 bits per heavy atom. The molecule has 0 bridgehead atoms. The predicted molar refractivity (Wildman–Crippen MR) is 80.1 cm³/mol. The molecule has 2 heteroatoms. The van der Waals surface area contributed by atoms with Crippen LogP contribution >= 0.6 is 0 Å². The molecule has 0 aliphatic heterocycles. The fourth-order valence-corrected chi connectivity index (χ4v) is 3.28. The molecule has 1 fully saturated rings. The smallest absolute Gasteiger partial charge is 0.123 e. The van der Waals surface area contributed by atoms with Gasteiger partial charge in [0.15, 0.2) is 0 Å². The van der Waals surface area contributed by atoms with Crippen molar-refractivity contribution in [3.05, 3.63) is 0 Å². The highest BCUT2D eigenvalue weighted by Crippen LogP contribution is 2.23. The number of aliphatic hydroxyl groups excluding tert-OH is 1. The molecule has 19 heavy (non-hydrogen) atoms. The summed E-state index contributed by atoms with van der Waals surface area (Å²) < 4.78 is 0. The zero-order valence-electron chi connectivity index (χ0n) is 12.7. The van der Waals surface area contributed by atoms with Crippen LogP contribution in [0.2, 0.25) is 0 Å². The Kier molecular flexibility index (Phi) is 9.15. The molecule has 3 unspecified atom stereocenters. The molecule has 1 aliphatic carbocycles. The zero-order valence-corrected chi connectivity index (χ0v) is 12.7. The van der Waals surface area contributed by atoms with Crippen molar-refractivity contribution >= 4 is 6.29 Å². The minimum Gasteiger partial charge on any atom is -0.393 e. The highest BCUT2D eigenvalue weighted by Gasteiger charge is 2.16. The van der Waals surface area contributed by atoms with Crippen LogP contribution in [-0.4, -0.2) is 17.5 Å². The average Bonchev–Trinajstić information content (AvgIpc) is 2.38. The first-order valence-corrected chi connectivity index (χ1v) is 8.35. The van der Waals surface area contributed by atoms with E-state index in [2.05, 4.69) is 6.92 Å². The van der Waals surface area contributed by atoms with Gasteiger partial charge in [0.2, 0.25) is 0 Å². The molecule has 1 saturated carbocycles. The standard InChI is InChI=1S/C17H32O2/c1-15-12-16(14-18)10-8-6-4-2-3-5-7-9-11-17(19)13-15/h14-17,19H,2-13H2,1H3. The summed E-state index contributed by atoms with van der Waals surface area (Å²) in [5, 5.41) is 10.0. The van der Waals surface area contributed by atoms with E-state index in [0.717, 1.165) is 38.4 Å². The number of hydrogen-bond acceptors (Lipinski definition) is 2. The summed E-state index contributed by atoms with van der Waals surface area (Å²) in [7, 11) is 0. The van der Waals surface area contributed by atoms with Gasteiger partial charge < -0.3 is 9.90 Å². The van der Waals surface area contributed by atoms with Crippen LogP contribution < -0.4 is 0 Å². The van der Waals surface area contributed by atoms with Gasteiger partial charge in [-0.3, -0.25) is 0 Å². The summed E-state index contributed by atoms with van der Waals surface area (Å²) in [4.78, 5) is 11.1. The van der Waals surface area contributed by atoms with Gasteiger partial charge in [-0.05, 0) is 31.6 Å². The lowest BCUT2D eigenvalue weighted by Crippen LogP contribution is -2.15. The van der Waals surface area contributed by atoms with Gasteiger partial charge in [0, 0.05) is 5.92 Å². The summed E-state index contributed by atoms with van der Waals surface area (Å²) in [6.45, 7) is 2.18. The maximum atomic E-state index is 11.1. The molecule has 1 rings (SSSR count). The molecule has 2 nitrogen and oxygen atoms in total. The van der Waals surface area contributed by atoms with E-state index >= 15 is 0 Å². The lowest BCUT2D eigenvalue weighted by Gasteiger charge is -2.19. The molecular weight excluding hydrogens is 236 g/mol. The van der Waals surface area contributed by atoms with Gasteiger partial charge in [-0.25, -0.2) is 0 Å². The number of rotatable bonds is 1. The molecule has 1 aliphatic rings. The van der Waals surface area contributed by atoms with Crippen LogP contribution in [-0.2, 0) is 4.79 Å². The topological polar surface area (TPSA) is 37.3 Å².